The quantitative estimate of drug-likeness (QED) is 0.415. The van der Waals surface area contributed by atoms with Gasteiger partial charge in [0.05, 0.1) is 24.7 Å². The van der Waals surface area contributed by atoms with Crippen LogP contribution in [0.25, 0.3) is 0 Å². The van der Waals surface area contributed by atoms with Crippen LogP contribution in [0, 0.1) is 11.7 Å². The van der Waals surface area contributed by atoms with Gasteiger partial charge in [0.2, 0.25) is 21.9 Å². The number of hydrogen-bond acceptors (Lipinski definition) is 9. The van der Waals surface area contributed by atoms with E-state index in [2.05, 4.69) is 30.0 Å². The van der Waals surface area contributed by atoms with E-state index in [-0.39, 0.29) is 29.6 Å². The normalized spacial score (nSPS) is 13.3. The molecule has 2 aromatic rings. The number of hydrogen-bond donors (Lipinski definition) is 3. The summed E-state index contributed by atoms with van der Waals surface area (Å²) >= 11 is 0.478. The first-order chi connectivity index (χ1) is 14.4. The lowest BCUT2D eigenvalue weighted by Crippen LogP contribution is -2.27. The summed E-state index contributed by atoms with van der Waals surface area (Å²) in [5.41, 5.74) is -1.01. The molecule has 0 amide bonds. The van der Waals surface area contributed by atoms with Crippen LogP contribution in [0.1, 0.15) is 26.0 Å². The van der Waals surface area contributed by atoms with E-state index >= 15 is 0 Å². The lowest BCUT2D eigenvalue weighted by Gasteiger charge is -2.19. The zero-order valence-electron chi connectivity index (χ0n) is 17.0. The Bertz CT molecular complexity index is 995. The monoisotopic (exact) mass is 480 g/mol. The molecule has 2 rings (SSSR count). The largest absolute Gasteiger partial charge is 0.394 e. The van der Waals surface area contributed by atoms with Crippen LogP contribution >= 0.6 is 11.8 Å². The fourth-order valence-electron chi connectivity index (χ4n) is 2.51. The molecule has 172 valence electrons. The molecule has 0 aliphatic heterocycles. The van der Waals surface area contributed by atoms with Gasteiger partial charge < -0.3 is 10.4 Å². The van der Waals surface area contributed by atoms with Gasteiger partial charge in [0.1, 0.15) is 5.69 Å². The van der Waals surface area contributed by atoms with Gasteiger partial charge in [-0.05, 0) is 24.5 Å². The Labute approximate surface area is 182 Å². The predicted molar refractivity (Wildman–Crippen MR) is 111 cm³/mol. The summed E-state index contributed by atoms with van der Waals surface area (Å²) < 4.78 is 67.7. The van der Waals surface area contributed by atoms with E-state index in [4.69, 9.17) is 0 Å². The molecule has 9 nitrogen and oxygen atoms in total. The molecule has 31 heavy (non-hydrogen) atoms. The highest BCUT2D eigenvalue weighted by Gasteiger charge is 2.36. The minimum atomic E-state index is -3.75. The molecule has 0 aliphatic carbocycles. The van der Waals surface area contributed by atoms with Gasteiger partial charge in [-0.15, -0.1) is 0 Å². The third-order valence-electron chi connectivity index (χ3n) is 3.69. The second-order valence-corrected chi connectivity index (χ2v) is 9.81. The smallest absolute Gasteiger partial charge is 0.301 e. The number of aliphatic hydroxyl groups excluding tert-OH is 1. The van der Waals surface area contributed by atoms with E-state index in [0.717, 1.165) is 18.5 Å². The highest BCUT2D eigenvalue weighted by Crippen LogP contribution is 2.34. The van der Waals surface area contributed by atoms with E-state index in [1.165, 1.54) is 6.07 Å². The number of halogens is 3. The molecule has 0 unspecified atom stereocenters. The van der Waals surface area contributed by atoms with Gasteiger partial charge in [-0.25, -0.2) is 12.8 Å². The first kappa shape index (κ1) is 25.1. The topological polar surface area (TPSA) is 130 Å². The van der Waals surface area contributed by atoms with Crippen molar-refractivity contribution in [2.45, 2.75) is 37.4 Å². The number of alkyl halides is 2. The molecular formula is C17H23F3N6O3S2. The van der Waals surface area contributed by atoms with Crippen molar-refractivity contribution in [1.82, 2.24) is 19.9 Å². The molecule has 0 fully saturated rings. The van der Waals surface area contributed by atoms with Gasteiger partial charge in [0.25, 0.3) is 0 Å². The summed E-state index contributed by atoms with van der Waals surface area (Å²) in [4.78, 5) is 15.2. The molecular weight excluding hydrogens is 457 g/mol. The van der Waals surface area contributed by atoms with Crippen LogP contribution < -0.4 is 10.0 Å². The molecule has 3 N–H and O–H groups in total. The molecule has 0 bridgehead atoms. The Morgan fingerprint density at radius 3 is 2.48 bits per heavy atom. The average Bonchev–Trinajstić information content (AvgIpc) is 2.64. The van der Waals surface area contributed by atoms with Crippen LogP contribution in [-0.2, 0) is 15.9 Å². The molecule has 0 aromatic carbocycles. The van der Waals surface area contributed by atoms with Gasteiger partial charge in [0, 0.05) is 6.20 Å². The van der Waals surface area contributed by atoms with E-state index in [9.17, 15) is 26.7 Å². The van der Waals surface area contributed by atoms with Crippen molar-refractivity contribution >= 4 is 33.7 Å². The van der Waals surface area contributed by atoms with E-state index in [1.54, 1.807) is 0 Å². The third kappa shape index (κ3) is 8.10. The fourth-order valence-corrected chi connectivity index (χ4v) is 3.68. The van der Waals surface area contributed by atoms with Crippen LogP contribution in [0.2, 0.25) is 0 Å². The van der Waals surface area contributed by atoms with Gasteiger partial charge in [0.15, 0.2) is 11.0 Å². The van der Waals surface area contributed by atoms with Crippen LogP contribution in [0.4, 0.5) is 25.1 Å². The maximum Gasteiger partial charge on any atom is 0.301 e. The number of rotatable bonds is 11. The first-order valence-corrected chi connectivity index (χ1v) is 12.0. The molecule has 0 aliphatic rings. The minimum Gasteiger partial charge on any atom is -0.394 e. The van der Waals surface area contributed by atoms with Crippen molar-refractivity contribution in [1.29, 1.82) is 0 Å². The summed E-state index contributed by atoms with van der Waals surface area (Å²) in [7, 11) is -3.75. The molecule has 2 heterocycles. The highest BCUT2D eigenvalue weighted by molar-refractivity contribution is 7.99. The lowest BCUT2D eigenvalue weighted by atomic mass is 10.0. The molecule has 0 spiro atoms. The third-order valence-corrected chi connectivity index (χ3v) is 5.19. The molecule has 0 saturated heterocycles. The van der Waals surface area contributed by atoms with Gasteiger partial charge in [-0.1, -0.05) is 25.6 Å². The minimum absolute atomic E-state index is 0.101. The van der Waals surface area contributed by atoms with E-state index in [1.807, 2.05) is 13.8 Å². The molecule has 1 atom stereocenters. The molecule has 2 aromatic heterocycles. The highest BCUT2D eigenvalue weighted by atomic mass is 32.2. The standard InChI is InChI=1S/C17H23F3N6O3S2/c1-10(2)7-11(8-27)22-14-23-15(26-31(3,28)29)25-16(24-14)30-9-17(19,20)13-12(18)5-4-6-21-13/h4-6,10-11,27H,7-9H2,1-3H3,(H2,22,23,24,25,26)/t11-/m1/s1. The summed E-state index contributed by atoms with van der Waals surface area (Å²) in [5, 5.41) is 12.2. The number of aliphatic hydroxyl groups is 1. The number of anilines is 2. The number of thioether (sulfide) groups is 1. The van der Waals surface area contributed by atoms with Gasteiger partial charge in [-0.2, -0.15) is 23.7 Å². The number of nitrogens with one attached hydrogen (secondary N) is 2. The maximum absolute atomic E-state index is 14.4. The van der Waals surface area contributed by atoms with Crippen molar-refractivity contribution in [3.8, 4) is 0 Å². The van der Waals surface area contributed by atoms with Crippen LogP contribution in [0.15, 0.2) is 23.5 Å². The predicted octanol–water partition coefficient (Wildman–Crippen LogP) is 2.48. The van der Waals surface area contributed by atoms with E-state index < -0.39 is 39.3 Å². The van der Waals surface area contributed by atoms with E-state index in [0.29, 0.717) is 18.2 Å². The number of aromatic nitrogens is 4. The van der Waals surface area contributed by atoms with Crippen LogP contribution in [0.3, 0.4) is 0 Å². The molecule has 0 radical (unpaired) electrons. The van der Waals surface area contributed by atoms with Crippen LogP contribution in [0.5, 0.6) is 0 Å². The van der Waals surface area contributed by atoms with Crippen molar-refractivity contribution in [3.63, 3.8) is 0 Å². The van der Waals surface area contributed by atoms with Crippen molar-refractivity contribution in [3.05, 3.63) is 29.8 Å². The Hall–Kier alpha value is -2.19. The average molecular weight is 481 g/mol. The van der Waals surface area contributed by atoms with Crippen molar-refractivity contribution < 1.29 is 26.7 Å². The maximum atomic E-state index is 14.4. The Balaban J connectivity index is 2.28. The van der Waals surface area contributed by atoms with Gasteiger partial charge in [-0.3, -0.25) is 9.71 Å². The number of nitrogens with zero attached hydrogens (tertiary/aromatic N) is 4. The molecule has 14 heteroatoms. The van der Waals surface area contributed by atoms with Crippen molar-refractivity contribution in [2.24, 2.45) is 5.92 Å². The summed E-state index contributed by atoms with van der Waals surface area (Å²) in [6.07, 6.45) is 2.49. The summed E-state index contributed by atoms with van der Waals surface area (Å²) in [6.45, 7) is 3.63. The Kier molecular flexibility index (Phi) is 8.42. The zero-order valence-corrected chi connectivity index (χ0v) is 18.6. The summed E-state index contributed by atoms with van der Waals surface area (Å²) in [5.74, 6) is -5.98. The lowest BCUT2D eigenvalue weighted by molar-refractivity contribution is 0.0143. The Morgan fingerprint density at radius 1 is 1.23 bits per heavy atom. The number of sulfonamides is 1. The van der Waals surface area contributed by atoms with Gasteiger partial charge >= 0.3 is 5.92 Å². The number of pyridine rings is 1. The van der Waals surface area contributed by atoms with Crippen molar-refractivity contribution in [2.75, 3.05) is 28.7 Å². The first-order valence-electron chi connectivity index (χ1n) is 9.12. The molecule has 0 saturated carbocycles. The fraction of sp³-hybridized carbons (Fsp3) is 0.529. The van der Waals surface area contributed by atoms with Crippen LogP contribution in [-0.4, -0.2) is 58.1 Å². The zero-order chi connectivity index (χ0) is 23.2. The second-order valence-electron chi connectivity index (χ2n) is 7.12. The second kappa shape index (κ2) is 10.4. The summed E-state index contributed by atoms with van der Waals surface area (Å²) in [6, 6.07) is 1.63. The SMILES string of the molecule is CC(C)C[C@H](CO)Nc1nc(NS(C)(=O)=O)nc(SCC(F)(F)c2ncccc2F)n1. The Morgan fingerprint density at radius 2 is 1.90 bits per heavy atom.